The summed E-state index contributed by atoms with van der Waals surface area (Å²) in [6, 6.07) is 16.6. The monoisotopic (exact) mass is 501 g/mol. The maximum Gasteiger partial charge on any atom is 0.191 e. The van der Waals surface area contributed by atoms with E-state index in [1.165, 1.54) is 22.8 Å². The minimum Gasteiger partial charge on any atom is -0.361 e. The van der Waals surface area contributed by atoms with Gasteiger partial charge in [-0.1, -0.05) is 36.4 Å². The highest BCUT2D eigenvalue weighted by Crippen LogP contribution is 2.18. The fraction of sp³-hybridized carbons (Fsp3) is 0.190. The van der Waals surface area contributed by atoms with E-state index in [4.69, 9.17) is 0 Å². The van der Waals surface area contributed by atoms with Gasteiger partial charge in [-0.25, -0.2) is 4.98 Å². The summed E-state index contributed by atoms with van der Waals surface area (Å²) in [7, 11) is 1.78. The molecule has 0 aliphatic carbocycles. The highest BCUT2D eigenvalue weighted by molar-refractivity contribution is 14.0. The first kappa shape index (κ1) is 20.8. The van der Waals surface area contributed by atoms with E-state index >= 15 is 0 Å². The Kier molecular flexibility index (Phi) is 7.23. The molecule has 2 heterocycles. The molecule has 29 heavy (non-hydrogen) atoms. The molecule has 0 atom stereocenters. The Morgan fingerprint density at radius 1 is 1.10 bits per heavy atom. The molecule has 0 saturated heterocycles. The maximum absolute atomic E-state index is 4.31. The molecule has 0 amide bonds. The van der Waals surface area contributed by atoms with Crippen LogP contribution in [0.2, 0.25) is 0 Å². The van der Waals surface area contributed by atoms with Gasteiger partial charge in [-0.15, -0.1) is 24.0 Å². The number of guanidine groups is 1. The highest BCUT2D eigenvalue weighted by atomic mass is 127. The van der Waals surface area contributed by atoms with Crippen molar-refractivity contribution in [2.75, 3.05) is 13.6 Å². The Hall–Kier alpha value is -2.88. The van der Waals surface area contributed by atoms with Crippen LogP contribution in [0.1, 0.15) is 11.1 Å². The van der Waals surface area contributed by atoms with Crippen molar-refractivity contribution in [3.63, 3.8) is 0 Å². The summed E-state index contributed by atoms with van der Waals surface area (Å²) >= 11 is 0. The molecule has 0 saturated carbocycles. The molecule has 2 aromatic carbocycles. The lowest BCUT2D eigenvalue weighted by Gasteiger charge is -2.12. The first-order valence-electron chi connectivity index (χ1n) is 9.27. The number of H-pyrrole nitrogens is 2. The number of hydrogen-bond acceptors (Lipinski definition) is 3. The molecule has 0 fully saturated rings. The largest absolute Gasteiger partial charge is 0.361 e. The van der Waals surface area contributed by atoms with Crippen LogP contribution in [-0.2, 0) is 13.0 Å². The molecule has 4 aromatic rings. The molecule has 0 unspecified atom stereocenters. The molecule has 0 bridgehead atoms. The van der Waals surface area contributed by atoms with E-state index in [1.807, 2.05) is 18.2 Å². The lowest BCUT2D eigenvalue weighted by molar-refractivity contribution is 0.796. The van der Waals surface area contributed by atoms with Crippen LogP contribution < -0.4 is 10.6 Å². The topological polar surface area (TPSA) is 93.8 Å². The standard InChI is InChI=1S/C21H23N7.HI/c1-22-21(23-10-9-17-13-24-19-8-3-2-7-18(17)19)25-12-15-5-4-6-16(11-15)20-26-14-27-28-20;/h2-8,11,13-14,24H,9-10,12H2,1H3,(H2,22,23,25)(H,26,27,28);1H. The number of benzene rings is 2. The van der Waals surface area contributed by atoms with E-state index in [9.17, 15) is 0 Å². The molecule has 0 radical (unpaired) electrons. The molecule has 4 N–H and O–H groups in total. The number of hydrogen-bond donors (Lipinski definition) is 4. The normalized spacial score (nSPS) is 11.3. The molecule has 0 aliphatic rings. The Labute approximate surface area is 186 Å². The lowest BCUT2D eigenvalue weighted by Crippen LogP contribution is -2.37. The Bertz CT molecular complexity index is 1070. The van der Waals surface area contributed by atoms with E-state index in [2.05, 4.69) is 72.3 Å². The van der Waals surface area contributed by atoms with Gasteiger partial charge in [0.25, 0.3) is 0 Å². The van der Waals surface area contributed by atoms with Crippen molar-refractivity contribution in [1.82, 2.24) is 30.8 Å². The minimum atomic E-state index is 0. The summed E-state index contributed by atoms with van der Waals surface area (Å²) in [5.41, 5.74) is 4.64. The zero-order valence-electron chi connectivity index (χ0n) is 16.1. The number of fused-ring (bicyclic) bond motifs is 1. The molecular formula is C21H24IN7. The van der Waals surface area contributed by atoms with Crippen LogP contribution in [0.5, 0.6) is 0 Å². The van der Waals surface area contributed by atoms with Gasteiger partial charge < -0.3 is 15.6 Å². The van der Waals surface area contributed by atoms with E-state index in [-0.39, 0.29) is 24.0 Å². The second-order valence-corrected chi connectivity index (χ2v) is 6.50. The van der Waals surface area contributed by atoms with E-state index in [0.717, 1.165) is 35.9 Å². The third-order valence-electron chi connectivity index (χ3n) is 4.66. The van der Waals surface area contributed by atoms with Crippen molar-refractivity contribution in [2.45, 2.75) is 13.0 Å². The van der Waals surface area contributed by atoms with Crippen LogP contribution in [0.25, 0.3) is 22.3 Å². The summed E-state index contributed by atoms with van der Waals surface area (Å²) in [4.78, 5) is 11.8. The Morgan fingerprint density at radius 3 is 2.83 bits per heavy atom. The van der Waals surface area contributed by atoms with E-state index in [1.54, 1.807) is 7.05 Å². The zero-order valence-corrected chi connectivity index (χ0v) is 18.5. The molecule has 4 rings (SSSR count). The number of aliphatic imine (C=N–C) groups is 1. The van der Waals surface area contributed by atoms with E-state index < -0.39 is 0 Å². The van der Waals surface area contributed by atoms with Gasteiger partial charge in [0.1, 0.15) is 6.33 Å². The number of para-hydroxylation sites is 1. The minimum absolute atomic E-state index is 0. The van der Waals surface area contributed by atoms with Gasteiger partial charge in [0, 0.05) is 42.8 Å². The van der Waals surface area contributed by atoms with Gasteiger partial charge in [0.2, 0.25) is 0 Å². The number of rotatable bonds is 6. The predicted molar refractivity (Wildman–Crippen MR) is 127 cm³/mol. The third-order valence-corrected chi connectivity index (χ3v) is 4.66. The quantitative estimate of drug-likeness (QED) is 0.185. The molecule has 150 valence electrons. The van der Waals surface area contributed by atoms with Gasteiger partial charge in [-0.3, -0.25) is 10.1 Å². The molecule has 0 aliphatic heterocycles. The first-order valence-corrected chi connectivity index (χ1v) is 9.27. The smallest absolute Gasteiger partial charge is 0.191 e. The van der Waals surface area contributed by atoms with Crippen LogP contribution in [0.4, 0.5) is 0 Å². The van der Waals surface area contributed by atoms with Gasteiger partial charge >= 0.3 is 0 Å². The third kappa shape index (κ3) is 5.14. The van der Waals surface area contributed by atoms with Crippen LogP contribution in [0, 0.1) is 0 Å². The van der Waals surface area contributed by atoms with Crippen LogP contribution in [-0.4, -0.2) is 39.7 Å². The zero-order chi connectivity index (χ0) is 19.2. The second-order valence-electron chi connectivity index (χ2n) is 6.50. The predicted octanol–water partition coefficient (Wildman–Crippen LogP) is 3.48. The van der Waals surface area contributed by atoms with Gasteiger partial charge in [0.05, 0.1) is 0 Å². The van der Waals surface area contributed by atoms with Crippen molar-refractivity contribution < 1.29 is 0 Å². The van der Waals surface area contributed by atoms with Gasteiger partial charge in [-0.2, -0.15) is 5.10 Å². The Morgan fingerprint density at radius 2 is 2.00 bits per heavy atom. The Balaban J connectivity index is 0.00000240. The van der Waals surface area contributed by atoms with E-state index in [0.29, 0.717) is 6.54 Å². The number of aromatic nitrogens is 4. The first-order chi connectivity index (χ1) is 13.8. The summed E-state index contributed by atoms with van der Waals surface area (Å²) in [6.07, 6.45) is 4.52. The van der Waals surface area contributed by atoms with Gasteiger partial charge in [-0.05, 0) is 29.7 Å². The fourth-order valence-corrected chi connectivity index (χ4v) is 3.23. The highest BCUT2D eigenvalue weighted by Gasteiger charge is 2.05. The molecule has 8 heteroatoms. The maximum atomic E-state index is 4.31. The average molecular weight is 501 g/mol. The van der Waals surface area contributed by atoms with Gasteiger partial charge in [0.15, 0.2) is 11.8 Å². The van der Waals surface area contributed by atoms with Crippen molar-refractivity contribution in [3.8, 4) is 11.4 Å². The SMILES string of the molecule is CN=C(NCCc1c[nH]c2ccccc12)NCc1cccc(-c2ncn[nH]2)c1.I. The molecule has 0 spiro atoms. The average Bonchev–Trinajstić information content (AvgIpc) is 3.41. The van der Waals surface area contributed by atoms with Crippen LogP contribution >= 0.6 is 24.0 Å². The number of nitrogens with zero attached hydrogens (tertiary/aromatic N) is 3. The summed E-state index contributed by atoms with van der Waals surface area (Å²) in [5, 5.41) is 14.8. The van der Waals surface area contributed by atoms with Crippen molar-refractivity contribution in [3.05, 3.63) is 72.2 Å². The summed E-state index contributed by atoms with van der Waals surface area (Å²) in [5.74, 6) is 1.55. The van der Waals surface area contributed by atoms with Crippen molar-refractivity contribution in [1.29, 1.82) is 0 Å². The fourth-order valence-electron chi connectivity index (χ4n) is 3.23. The second kappa shape index (κ2) is 10.1. The van der Waals surface area contributed by atoms with Crippen molar-refractivity contribution in [2.24, 2.45) is 4.99 Å². The number of aromatic amines is 2. The summed E-state index contributed by atoms with van der Waals surface area (Å²) < 4.78 is 0. The molecule has 7 nitrogen and oxygen atoms in total. The van der Waals surface area contributed by atoms with Crippen LogP contribution in [0.15, 0.2) is 66.0 Å². The number of nitrogens with one attached hydrogen (secondary N) is 4. The number of halogens is 1. The molecule has 2 aromatic heterocycles. The van der Waals surface area contributed by atoms with Crippen molar-refractivity contribution >= 4 is 40.8 Å². The summed E-state index contributed by atoms with van der Waals surface area (Å²) in [6.45, 7) is 1.48. The lowest BCUT2D eigenvalue weighted by atomic mass is 10.1. The van der Waals surface area contributed by atoms with Crippen LogP contribution in [0.3, 0.4) is 0 Å². The molecular weight excluding hydrogens is 477 g/mol.